The molecule has 0 heterocycles. The molecule has 1 unspecified atom stereocenters. The van der Waals surface area contributed by atoms with Gasteiger partial charge in [-0.3, -0.25) is 14.1 Å². The molecule has 0 spiro atoms. The summed E-state index contributed by atoms with van der Waals surface area (Å²) in [5.74, 6) is -0.869. The zero-order chi connectivity index (χ0) is 46.7. The second-order valence-electron chi connectivity index (χ2n) is 18.9. The summed E-state index contributed by atoms with van der Waals surface area (Å²) < 4.78 is 26.6. The zero-order valence-electron chi connectivity index (χ0n) is 42.2. The summed E-state index contributed by atoms with van der Waals surface area (Å²) in [6.07, 6.45) is 62.1. The molecule has 0 fully saturated rings. The Labute approximate surface area is 396 Å². The summed E-state index contributed by atoms with van der Waals surface area (Å²) in [5.41, 5.74) is 0. The van der Waals surface area contributed by atoms with Crippen molar-refractivity contribution >= 4 is 19.8 Å². The van der Waals surface area contributed by atoms with Gasteiger partial charge in [0, 0.05) is 12.8 Å². The largest absolute Gasteiger partial charge is 0.469 e. The van der Waals surface area contributed by atoms with E-state index in [-0.39, 0.29) is 19.4 Å². The Balaban J connectivity index is 3.75. The molecule has 0 saturated carbocycles. The Bertz CT molecular complexity index is 1090. The van der Waals surface area contributed by atoms with Gasteiger partial charge in [0.25, 0.3) is 0 Å². The maximum atomic E-state index is 12.5. The molecule has 378 valence electrons. The number of allylic oxidation sites excluding steroid dienone is 4. The Morgan fingerprint density at radius 3 is 1.03 bits per heavy atom. The third-order valence-electron chi connectivity index (χ3n) is 12.5. The fraction of sp³-hybridized carbons (Fsp3) is 0.891. The van der Waals surface area contributed by atoms with Crippen LogP contribution in [0.25, 0.3) is 0 Å². The second kappa shape index (κ2) is 50.9. The van der Waals surface area contributed by atoms with Crippen LogP contribution in [-0.2, 0) is 28.2 Å². The molecular weight excluding hydrogens is 820 g/mol. The number of esters is 2. The average molecular weight is 925 g/mol. The van der Waals surface area contributed by atoms with E-state index in [1.165, 1.54) is 218 Å². The second-order valence-corrected chi connectivity index (χ2v) is 20.2. The number of hydrogen-bond acceptors (Lipinski definition) is 6. The summed E-state index contributed by atoms with van der Waals surface area (Å²) in [7, 11) is -4.76. The molecule has 0 aliphatic carbocycles. The van der Waals surface area contributed by atoms with E-state index in [9.17, 15) is 14.2 Å². The van der Waals surface area contributed by atoms with E-state index >= 15 is 0 Å². The van der Waals surface area contributed by atoms with Gasteiger partial charge in [0.05, 0.1) is 6.61 Å². The Morgan fingerprint density at radius 2 is 0.703 bits per heavy atom. The molecule has 0 aliphatic heterocycles. The minimum atomic E-state index is -4.76. The molecule has 0 aromatic carbocycles. The SMILES string of the molecule is CCCCCCC/C=C\C/C=C\CCCCCCCCCCCCCC(=O)OC(COC(=O)CCCCCCCCCCCCCCCCCCCCCCCCC)COP(=O)(O)O. The quantitative estimate of drug-likeness (QED) is 0.0268. The summed E-state index contributed by atoms with van der Waals surface area (Å²) in [5, 5.41) is 0. The maximum absolute atomic E-state index is 12.5. The van der Waals surface area contributed by atoms with Gasteiger partial charge >= 0.3 is 19.8 Å². The van der Waals surface area contributed by atoms with Crippen LogP contribution in [0.5, 0.6) is 0 Å². The smallest absolute Gasteiger partial charge is 0.462 e. The first-order valence-corrected chi connectivity index (χ1v) is 29.2. The van der Waals surface area contributed by atoms with Crippen LogP contribution in [0.4, 0.5) is 0 Å². The molecule has 0 rings (SSSR count). The van der Waals surface area contributed by atoms with E-state index in [1.807, 2.05) is 0 Å². The van der Waals surface area contributed by atoms with E-state index < -0.39 is 32.5 Å². The predicted molar refractivity (Wildman–Crippen MR) is 272 cm³/mol. The number of carbonyl (C=O) groups is 2. The van der Waals surface area contributed by atoms with Crippen molar-refractivity contribution in [1.82, 2.24) is 0 Å². The highest BCUT2D eigenvalue weighted by Gasteiger charge is 2.23. The molecule has 0 aromatic heterocycles. The standard InChI is InChI=1S/C55H105O8P/c1-3-5-7-9-11-13-15-17-19-21-23-25-27-29-31-33-35-37-39-41-43-45-47-49-54(56)61-51-53(52-62-64(58,59)60)63-55(57)50-48-46-44-42-40-38-36-34-32-30-28-26-24-22-20-18-16-14-12-10-8-6-4-2/h16,18,22,24,53H,3-15,17,19-21,23,25-52H2,1-2H3,(H2,58,59,60)/b18-16-,24-22-. The van der Waals surface area contributed by atoms with Crippen molar-refractivity contribution in [2.75, 3.05) is 13.2 Å². The lowest BCUT2D eigenvalue weighted by Crippen LogP contribution is -2.29. The van der Waals surface area contributed by atoms with Crippen LogP contribution in [0.15, 0.2) is 24.3 Å². The molecule has 0 amide bonds. The van der Waals surface area contributed by atoms with Crippen molar-refractivity contribution in [2.24, 2.45) is 0 Å². The van der Waals surface area contributed by atoms with Gasteiger partial charge in [-0.05, 0) is 44.9 Å². The molecule has 0 aliphatic rings. The highest BCUT2D eigenvalue weighted by atomic mass is 31.2. The number of hydrogen-bond donors (Lipinski definition) is 2. The molecule has 0 aromatic rings. The van der Waals surface area contributed by atoms with Crippen molar-refractivity contribution in [3.05, 3.63) is 24.3 Å². The summed E-state index contributed by atoms with van der Waals surface area (Å²) in [6.45, 7) is 3.74. The van der Waals surface area contributed by atoms with Crippen molar-refractivity contribution in [1.29, 1.82) is 0 Å². The van der Waals surface area contributed by atoms with E-state index in [2.05, 4.69) is 42.7 Å². The third kappa shape index (κ3) is 53.1. The number of carbonyl (C=O) groups excluding carboxylic acids is 2. The van der Waals surface area contributed by atoms with Crippen LogP contribution in [0.2, 0.25) is 0 Å². The molecular formula is C55H105O8P. The van der Waals surface area contributed by atoms with Crippen LogP contribution in [0.1, 0.15) is 296 Å². The number of rotatable bonds is 52. The minimum Gasteiger partial charge on any atom is -0.462 e. The van der Waals surface area contributed by atoms with E-state index in [1.54, 1.807) is 0 Å². The lowest BCUT2D eigenvalue weighted by molar-refractivity contribution is -0.161. The molecule has 2 N–H and O–H groups in total. The van der Waals surface area contributed by atoms with Crippen LogP contribution >= 0.6 is 7.82 Å². The van der Waals surface area contributed by atoms with Gasteiger partial charge in [0.2, 0.25) is 0 Å². The van der Waals surface area contributed by atoms with Crippen molar-refractivity contribution in [3.63, 3.8) is 0 Å². The van der Waals surface area contributed by atoms with Gasteiger partial charge in [-0.25, -0.2) is 4.57 Å². The Morgan fingerprint density at radius 1 is 0.406 bits per heavy atom. The summed E-state index contributed by atoms with van der Waals surface area (Å²) >= 11 is 0. The Hall–Kier alpha value is -1.47. The molecule has 0 bridgehead atoms. The van der Waals surface area contributed by atoms with Gasteiger partial charge in [-0.15, -0.1) is 0 Å². The van der Waals surface area contributed by atoms with Crippen molar-refractivity contribution < 1.29 is 37.9 Å². The van der Waals surface area contributed by atoms with Crippen molar-refractivity contribution in [3.8, 4) is 0 Å². The first-order valence-electron chi connectivity index (χ1n) is 27.6. The topological polar surface area (TPSA) is 119 Å². The fourth-order valence-electron chi connectivity index (χ4n) is 8.35. The predicted octanol–water partition coefficient (Wildman–Crippen LogP) is 17.9. The van der Waals surface area contributed by atoms with Crippen LogP contribution in [-0.4, -0.2) is 41.0 Å². The molecule has 1 atom stereocenters. The molecule has 64 heavy (non-hydrogen) atoms. The summed E-state index contributed by atoms with van der Waals surface area (Å²) in [6, 6.07) is 0. The fourth-order valence-corrected chi connectivity index (χ4v) is 8.71. The van der Waals surface area contributed by atoms with Gasteiger partial charge in [0.1, 0.15) is 6.61 Å². The van der Waals surface area contributed by atoms with Gasteiger partial charge in [-0.2, -0.15) is 0 Å². The molecule has 0 radical (unpaired) electrons. The number of ether oxygens (including phenoxy) is 2. The first-order chi connectivity index (χ1) is 31.3. The minimum absolute atomic E-state index is 0.213. The van der Waals surface area contributed by atoms with Gasteiger partial charge < -0.3 is 19.3 Å². The van der Waals surface area contributed by atoms with Gasteiger partial charge in [0.15, 0.2) is 6.10 Å². The lowest BCUT2D eigenvalue weighted by atomic mass is 10.0. The van der Waals surface area contributed by atoms with Crippen molar-refractivity contribution in [2.45, 2.75) is 302 Å². The summed E-state index contributed by atoms with van der Waals surface area (Å²) in [4.78, 5) is 43.2. The number of phosphoric acid groups is 1. The molecule has 8 nitrogen and oxygen atoms in total. The highest BCUT2D eigenvalue weighted by molar-refractivity contribution is 7.46. The Kier molecular flexibility index (Phi) is 49.8. The van der Waals surface area contributed by atoms with Crippen LogP contribution < -0.4 is 0 Å². The molecule has 0 saturated heterocycles. The van der Waals surface area contributed by atoms with E-state index in [4.69, 9.17) is 19.3 Å². The number of phosphoric ester groups is 1. The monoisotopic (exact) mass is 925 g/mol. The first kappa shape index (κ1) is 62.5. The average Bonchev–Trinajstić information content (AvgIpc) is 3.27. The number of unbranched alkanes of at least 4 members (excludes halogenated alkanes) is 38. The third-order valence-corrected chi connectivity index (χ3v) is 13.0. The highest BCUT2D eigenvalue weighted by Crippen LogP contribution is 2.36. The normalized spacial score (nSPS) is 12.5. The zero-order valence-corrected chi connectivity index (χ0v) is 43.1. The maximum Gasteiger partial charge on any atom is 0.469 e. The lowest BCUT2D eigenvalue weighted by Gasteiger charge is -2.18. The van der Waals surface area contributed by atoms with Crippen LogP contribution in [0.3, 0.4) is 0 Å². The van der Waals surface area contributed by atoms with E-state index in [0.29, 0.717) is 6.42 Å². The van der Waals surface area contributed by atoms with E-state index in [0.717, 1.165) is 44.9 Å². The van der Waals surface area contributed by atoms with Crippen LogP contribution in [0, 0.1) is 0 Å². The van der Waals surface area contributed by atoms with Gasteiger partial charge in [-0.1, -0.05) is 263 Å². The molecule has 9 heteroatoms.